The fraction of sp³-hybridized carbons (Fsp3) is 0.222. The molecule has 6 N–H and O–H groups in total. The van der Waals surface area contributed by atoms with Crippen molar-refractivity contribution in [2.75, 3.05) is 0 Å². The zero-order valence-corrected chi connectivity index (χ0v) is 19.5. The first kappa shape index (κ1) is 25.5. The molecule has 1 saturated carbocycles. The number of nitrogens with one attached hydrogen (secondary N) is 1. The number of ether oxygens (including phenoxy) is 1. The zero-order chi connectivity index (χ0) is 26.7. The smallest absolute Gasteiger partial charge is 0.336 e. The number of aromatic carboxylic acids is 1. The summed E-state index contributed by atoms with van der Waals surface area (Å²) in [6, 6.07) is 12.1. The number of amides is 1. The van der Waals surface area contributed by atoms with E-state index in [1.165, 1.54) is 54.6 Å². The van der Waals surface area contributed by atoms with Gasteiger partial charge in [0.15, 0.2) is 5.60 Å². The highest BCUT2D eigenvalue weighted by Crippen LogP contribution is 2.40. The predicted octanol–water partition coefficient (Wildman–Crippen LogP) is 3.33. The van der Waals surface area contributed by atoms with Gasteiger partial charge in [-0.2, -0.15) is 0 Å². The summed E-state index contributed by atoms with van der Waals surface area (Å²) in [5, 5.41) is 52.1. The average molecular weight is 507 g/mol. The van der Waals surface area contributed by atoms with Gasteiger partial charge in [-0.15, -0.1) is 0 Å². The molecule has 2 unspecified atom stereocenters. The van der Waals surface area contributed by atoms with Gasteiger partial charge in [0.2, 0.25) is 5.78 Å². The molecule has 0 aromatic heterocycles. The Balaban J connectivity index is 1.74. The Morgan fingerprint density at radius 3 is 2.24 bits per heavy atom. The number of benzene rings is 3. The second-order valence-corrected chi connectivity index (χ2v) is 8.83. The number of carboxylic acid groups (broad SMARTS) is 1. The lowest BCUT2D eigenvalue weighted by Gasteiger charge is -2.35. The molecule has 0 heterocycles. The van der Waals surface area contributed by atoms with Crippen molar-refractivity contribution in [2.24, 2.45) is 0 Å². The largest absolute Gasteiger partial charge is 0.508 e. The molecule has 0 radical (unpaired) electrons. The van der Waals surface area contributed by atoms with Crippen LogP contribution in [0.3, 0.4) is 0 Å². The van der Waals surface area contributed by atoms with E-state index in [-0.39, 0.29) is 35.8 Å². The van der Waals surface area contributed by atoms with Crippen LogP contribution in [0, 0.1) is 0 Å². The molecule has 0 saturated heterocycles. The first-order valence-electron chi connectivity index (χ1n) is 11.5. The number of carboxylic acids is 1. The number of hydrogen-bond donors (Lipinski definition) is 6. The minimum atomic E-state index is -1.77. The number of phenolic OH excluding ortho intramolecular Hbond substituents is 4. The van der Waals surface area contributed by atoms with Crippen LogP contribution in [0.2, 0.25) is 0 Å². The molecule has 2 atom stereocenters. The summed E-state index contributed by atoms with van der Waals surface area (Å²) in [5.74, 6) is -3.80. The fourth-order valence-electron chi connectivity index (χ4n) is 4.65. The summed E-state index contributed by atoms with van der Waals surface area (Å²) in [6.45, 7) is -0.269. The quantitative estimate of drug-likeness (QED) is 0.250. The maximum Gasteiger partial charge on any atom is 0.336 e. The molecule has 1 aliphatic rings. The summed E-state index contributed by atoms with van der Waals surface area (Å²) in [4.78, 5) is 38.9. The van der Waals surface area contributed by atoms with Gasteiger partial charge in [0.1, 0.15) is 23.0 Å². The van der Waals surface area contributed by atoms with E-state index in [1.807, 2.05) is 0 Å². The third-order valence-electron chi connectivity index (χ3n) is 6.38. The van der Waals surface area contributed by atoms with Crippen molar-refractivity contribution in [2.45, 2.75) is 37.5 Å². The molecule has 0 spiro atoms. The summed E-state index contributed by atoms with van der Waals surface area (Å²) in [7, 11) is 0. The Bertz CT molecular complexity index is 1330. The number of phenols is 4. The van der Waals surface area contributed by atoms with E-state index in [0.717, 1.165) is 6.07 Å². The van der Waals surface area contributed by atoms with E-state index in [4.69, 9.17) is 4.74 Å². The van der Waals surface area contributed by atoms with Gasteiger partial charge in [-0.1, -0.05) is 6.07 Å². The highest BCUT2D eigenvalue weighted by atomic mass is 16.5. The minimum Gasteiger partial charge on any atom is -0.508 e. The molecular weight excluding hydrogens is 482 g/mol. The highest BCUT2D eigenvalue weighted by Gasteiger charge is 2.52. The maximum absolute atomic E-state index is 14.0. The molecule has 3 aromatic carbocycles. The lowest BCUT2D eigenvalue weighted by atomic mass is 9.85. The first-order chi connectivity index (χ1) is 17.6. The van der Waals surface area contributed by atoms with Crippen molar-refractivity contribution in [1.29, 1.82) is 0 Å². The number of carbonyl (C=O) groups is 3. The summed E-state index contributed by atoms with van der Waals surface area (Å²) < 4.78 is 6.13. The van der Waals surface area contributed by atoms with Gasteiger partial charge in [-0.3, -0.25) is 9.59 Å². The van der Waals surface area contributed by atoms with E-state index >= 15 is 0 Å². The molecule has 1 fully saturated rings. The summed E-state index contributed by atoms with van der Waals surface area (Å²) >= 11 is 0. The molecule has 10 heteroatoms. The Morgan fingerprint density at radius 2 is 1.59 bits per heavy atom. The number of carbonyl (C=O) groups excluding carboxylic acids is 2. The molecule has 0 bridgehead atoms. The van der Waals surface area contributed by atoms with Crippen LogP contribution >= 0.6 is 0 Å². The molecule has 3 aromatic rings. The number of Topliss-reactive ketones (excluding diaryl/α,β-unsaturated/α-hetero) is 1. The van der Waals surface area contributed by atoms with Gasteiger partial charge < -0.3 is 35.6 Å². The van der Waals surface area contributed by atoms with Crippen LogP contribution in [0.15, 0.2) is 60.7 Å². The van der Waals surface area contributed by atoms with Crippen molar-refractivity contribution in [3.8, 4) is 23.0 Å². The molecule has 37 heavy (non-hydrogen) atoms. The Kier molecular flexibility index (Phi) is 7.03. The standard InChI is InChI=1S/C27H25NO9/c29-17-8-6-16(7-9-17)25(34)28-22-5-2-10-27(22,37-14-15-11-18(30)13-19(31)12-15)24(33)23-20(26(35)36)3-1-4-21(23)32/h1,3-4,6-9,11-13,22,29-32H,2,5,10,14H2,(H,28,34)(H,35,36). The predicted molar refractivity (Wildman–Crippen MR) is 130 cm³/mol. The Morgan fingerprint density at radius 1 is 0.919 bits per heavy atom. The molecule has 10 nitrogen and oxygen atoms in total. The van der Waals surface area contributed by atoms with Gasteiger partial charge in [-0.25, -0.2) is 4.79 Å². The van der Waals surface area contributed by atoms with Gasteiger partial charge in [0.05, 0.1) is 23.8 Å². The van der Waals surface area contributed by atoms with Crippen LogP contribution < -0.4 is 5.32 Å². The van der Waals surface area contributed by atoms with E-state index in [0.29, 0.717) is 18.4 Å². The first-order valence-corrected chi connectivity index (χ1v) is 11.5. The van der Waals surface area contributed by atoms with Crippen LogP contribution in [0.5, 0.6) is 23.0 Å². The van der Waals surface area contributed by atoms with Crippen LogP contribution in [0.25, 0.3) is 0 Å². The molecule has 4 rings (SSSR count). The van der Waals surface area contributed by atoms with Gasteiger partial charge in [0.25, 0.3) is 5.91 Å². The van der Waals surface area contributed by atoms with Crippen molar-refractivity contribution in [3.63, 3.8) is 0 Å². The second-order valence-electron chi connectivity index (χ2n) is 8.83. The average Bonchev–Trinajstić information content (AvgIpc) is 3.25. The highest BCUT2D eigenvalue weighted by molar-refractivity contribution is 6.12. The van der Waals surface area contributed by atoms with E-state index in [9.17, 15) is 39.9 Å². The number of hydrogen-bond acceptors (Lipinski definition) is 8. The molecule has 1 amide bonds. The molecular formula is C27H25NO9. The topological polar surface area (TPSA) is 174 Å². The van der Waals surface area contributed by atoms with E-state index in [2.05, 4.69) is 5.32 Å². The Hall–Kier alpha value is -4.57. The Labute approximate surface area is 211 Å². The normalized spacial score (nSPS) is 18.9. The fourth-order valence-corrected chi connectivity index (χ4v) is 4.65. The van der Waals surface area contributed by atoms with Crippen LogP contribution in [0.1, 0.15) is 55.9 Å². The zero-order valence-electron chi connectivity index (χ0n) is 19.5. The van der Waals surface area contributed by atoms with Crippen LogP contribution in [-0.2, 0) is 11.3 Å². The van der Waals surface area contributed by atoms with E-state index in [1.54, 1.807) is 0 Å². The lowest BCUT2D eigenvalue weighted by molar-refractivity contribution is -0.0447. The van der Waals surface area contributed by atoms with Gasteiger partial charge >= 0.3 is 5.97 Å². The van der Waals surface area contributed by atoms with Crippen molar-refractivity contribution < 1.29 is 44.7 Å². The summed E-state index contributed by atoms with van der Waals surface area (Å²) in [5.41, 5.74) is -2.08. The van der Waals surface area contributed by atoms with Crippen molar-refractivity contribution in [3.05, 3.63) is 82.9 Å². The number of ketones is 1. The second kappa shape index (κ2) is 10.2. The monoisotopic (exact) mass is 507 g/mol. The van der Waals surface area contributed by atoms with Gasteiger partial charge in [-0.05, 0) is 73.4 Å². The SMILES string of the molecule is O=C(NC1CCCC1(OCc1cc(O)cc(O)c1)C(=O)c1c(O)cccc1C(=O)O)c1ccc(O)cc1. The van der Waals surface area contributed by atoms with Crippen LogP contribution in [0.4, 0.5) is 0 Å². The number of aromatic hydroxyl groups is 4. The van der Waals surface area contributed by atoms with E-state index < -0.39 is 46.2 Å². The maximum atomic E-state index is 14.0. The minimum absolute atomic E-state index is 0.0274. The van der Waals surface area contributed by atoms with Gasteiger partial charge in [0, 0.05) is 11.6 Å². The number of rotatable bonds is 8. The molecule has 1 aliphatic carbocycles. The lowest BCUT2D eigenvalue weighted by Crippen LogP contribution is -2.56. The molecule has 0 aliphatic heterocycles. The summed E-state index contributed by atoms with van der Waals surface area (Å²) in [6.07, 6.45) is 0.856. The third kappa shape index (κ3) is 5.19. The van der Waals surface area contributed by atoms with Crippen LogP contribution in [-0.4, -0.2) is 54.8 Å². The third-order valence-corrected chi connectivity index (χ3v) is 6.38. The molecule has 192 valence electrons. The van der Waals surface area contributed by atoms with Crippen molar-refractivity contribution in [1.82, 2.24) is 5.32 Å². The van der Waals surface area contributed by atoms with Crippen molar-refractivity contribution >= 4 is 17.7 Å².